The van der Waals surface area contributed by atoms with Gasteiger partial charge in [-0.05, 0) is 41.4 Å². The van der Waals surface area contributed by atoms with E-state index in [-0.39, 0.29) is 10.7 Å². The minimum atomic E-state index is 0.0561. The van der Waals surface area contributed by atoms with Crippen LogP contribution in [0, 0.1) is 11.3 Å². The zero-order valence-corrected chi connectivity index (χ0v) is 14.1. The van der Waals surface area contributed by atoms with Gasteiger partial charge in [-0.1, -0.05) is 53.9 Å². The molecule has 0 bridgehead atoms. The molecule has 1 aliphatic carbocycles. The van der Waals surface area contributed by atoms with Gasteiger partial charge in [0, 0.05) is 15.5 Å². The Morgan fingerprint density at radius 2 is 2.20 bits per heavy atom. The predicted octanol–water partition coefficient (Wildman–Crippen LogP) is 5.10. The van der Waals surface area contributed by atoms with Crippen LogP contribution in [0.3, 0.4) is 0 Å². The van der Waals surface area contributed by atoms with Crippen LogP contribution >= 0.6 is 27.5 Å². The summed E-state index contributed by atoms with van der Waals surface area (Å²) < 4.78 is 0. The van der Waals surface area contributed by atoms with Crippen LogP contribution in [0.15, 0.2) is 12.1 Å². The Morgan fingerprint density at radius 3 is 2.85 bits per heavy atom. The monoisotopic (exact) mass is 355 g/mol. The van der Waals surface area contributed by atoms with Gasteiger partial charge in [0.15, 0.2) is 0 Å². The van der Waals surface area contributed by atoms with E-state index in [0.717, 1.165) is 21.8 Å². The van der Waals surface area contributed by atoms with Gasteiger partial charge in [0.1, 0.15) is 0 Å². The number of benzene rings is 1. The molecule has 4 heteroatoms. The highest BCUT2D eigenvalue weighted by Gasteiger charge is 2.40. The van der Waals surface area contributed by atoms with E-state index >= 15 is 0 Å². The first kappa shape index (κ1) is 14.4. The molecule has 1 heterocycles. The lowest BCUT2D eigenvalue weighted by Gasteiger charge is -2.32. The summed E-state index contributed by atoms with van der Waals surface area (Å²) in [7, 11) is 0. The first-order valence-electron chi connectivity index (χ1n) is 7.15. The first-order chi connectivity index (χ1) is 9.38. The van der Waals surface area contributed by atoms with Crippen LogP contribution in [0.25, 0.3) is 0 Å². The molecule has 0 radical (unpaired) electrons. The Labute approximate surface area is 133 Å². The maximum Gasteiger partial charge on any atom is 0.228 e. The van der Waals surface area contributed by atoms with E-state index in [0.29, 0.717) is 17.8 Å². The van der Waals surface area contributed by atoms with Crippen molar-refractivity contribution in [1.82, 2.24) is 0 Å². The number of carbonyl (C=O) groups is 1. The third-order valence-electron chi connectivity index (χ3n) is 4.84. The van der Waals surface area contributed by atoms with E-state index in [4.69, 9.17) is 11.6 Å². The number of hydrogen-bond acceptors (Lipinski definition) is 1. The summed E-state index contributed by atoms with van der Waals surface area (Å²) >= 11 is 10.3. The molecule has 2 aliphatic rings. The number of hydrogen-bond donors (Lipinski definition) is 1. The molecule has 0 aromatic heterocycles. The molecular formula is C16H19BrClNO. The summed E-state index contributed by atoms with van der Waals surface area (Å²) in [6.07, 6.45) is 4.24. The molecule has 1 N–H and O–H groups in total. The minimum Gasteiger partial charge on any atom is -0.325 e. The smallest absolute Gasteiger partial charge is 0.228 e. The second-order valence-electron chi connectivity index (χ2n) is 6.64. The van der Waals surface area contributed by atoms with Crippen molar-refractivity contribution in [2.24, 2.45) is 11.3 Å². The molecule has 1 aromatic rings. The Bertz CT molecular complexity index is 570. The Morgan fingerprint density at radius 1 is 1.45 bits per heavy atom. The average molecular weight is 357 g/mol. The maximum atomic E-state index is 11.5. The van der Waals surface area contributed by atoms with Crippen LogP contribution in [-0.2, 0) is 11.2 Å². The summed E-state index contributed by atoms with van der Waals surface area (Å²) in [6.45, 7) is 4.68. The van der Waals surface area contributed by atoms with E-state index in [9.17, 15) is 4.79 Å². The molecule has 1 aromatic carbocycles. The van der Waals surface area contributed by atoms with Crippen LogP contribution in [0.4, 0.5) is 5.69 Å². The number of amides is 1. The molecule has 2 nitrogen and oxygen atoms in total. The highest BCUT2D eigenvalue weighted by molar-refractivity contribution is 9.09. The highest BCUT2D eigenvalue weighted by atomic mass is 79.9. The van der Waals surface area contributed by atoms with Gasteiger partial charge in [0.05, 0.1) is 6.42 Å². The molecule has 1 saturated carbocycles. The molecule has 3 rings (SSSR count). The van der Waals surface area contributed by atoms with Gasteiger partial charge in [-0.3, -0.25) is 4.79 Å². The quantitative estimate of drug-likeness (QED) is 0.734. The molecule has 108 valence electrons. The minimum absolute atomic E-state index is 0.0561. The van der Waals surface area contributed by atoms with Gasteiger partial charge in [-0.25, -0.2) is 0 Å². The summed E-state index contributed by atoms with van der Waals surface area (Å²) in [4.78, 5) is 11.7. The Kier molecular flexibility index (Phi) is 3.62. The molecule has 0 saturated heterocycles. The van der Waals surface area contributed by atoms with Crippen LogP contribution in [0.2, 0.25) is 5.02 Å². The van der Waals surface area contributed by atoms with Crippen molar-refractivity contribution in [1.29, 1.82) is 0 Å². The molecular weight excluding hydrogens is 338 g/mol. The van der Waals surface area contributed by atoms with Gasteiger partial charge in [0.2, 0.25) is 5.91 Å². The lowest BCUT2D eigenvalue weighted by atomic mass is 9.78. The number of halogens is 2. The maximum absolute atomic E-state index is 11.5. The van der Waals surface area contributed by atoms with Crippen molar-refractivity contribution in [2.75, 3.05) is 5.32 Å². The number of nitrogens with one attached hydrogen (secondary N) is 1. The summed E-state index contributed by atoms with van der Waals surface area (Å²) in [5.74, 6) is 0.642. The number of anilines is 1. The van der Waals surface area contributed by atoms with Crippen molar-refractivity contribution < 1.29 is 4.79 Å². The van der Waals surface area contributed by atoms with Gasteiger partial charge in [0.25, 0.3) is 0 Å². The Balaban J connectivity index is 1.95. The molecule has 0 spiro atoms. The van der Waals surface area contributed by atoms with E-state index in [1.165, 1.54) is 19.3 Å². The molecule has 20 heavy (non-hydrogen) atoms. The van der Waals surface area contributed by atoms with Gasteiger partial charge in [-0.15, -0.1) is 0 Å². The third-order valence-corrected chi connectivity index (χ3v) is 6.30. The van der Waals surface area contributed by atoms with Gasteiger partial charge >= 0.3 is 0 Å². The Hall–Kier alpha value is -0.540. The molecule has 1 fully saturated rings. The normalized spacial score (nSPS) is 25.4. The second kappa shape index (κ2) is 5.03. The summed E-state index contributed by atoms with van der Waals surface area (Å²) in [5, 5.41) is 3.60. The second-order valence-corrected chi connectivity index (χ2v) is 8.04. The summed E-state index contributed by atoms with van der Waals surface area (Å²) in [5.41, 5.74) is 3.40. The number of alkyl halides is 1. The van der Waals surface area contributed by atoms with E-state index in [2.05, 4.69) is 41.2 Å². The largest absolute Gasteiger partial charge is 0.325 e. The van der Waals surface area contributed by atoms with Crippen LogP contribution in [0.1, 0.15) is 49.1 Å². The lowest BCUT2D eigenvalue weighted by Crippen LogP contribution is -2.21. The van der Waals surface area contributed by atoms with Crippen LogP contribution in [0.5, 0.6) is 0 Å². The fourth-order valence-electron chi connectivity index (χ4n) is 3.59. The number of rotatable bonds is 2. The number of fused-ring (bicyclic) bond motifs is 1. The van der Waals surface area contributed by atoms with Crippen molar-refractivity contribution in [3.05, 3.63) is 28.3 Å². The fraction of sp³-hybridized carbons (Fsp3) is 0.562. The topological polar surface area (TPSA) is 29.1 Å². The fourth-order valence-corrected chi connectivity index (χ4v) is 5.36. The highest BCUT2D eigenvalue weighted by Crippen LogP contribution is 2.53. The van der Waals surface area contributed by atoms with Crippen LogP contribution in [-0.4, -0.2) is 5.91 Å². The van der Waals surface area contributed by atoms with Gasteiger partial charge < -0.3 is 5.32 Å². The third kappa shape index (κ3) is 2.39. The average Bonchev–Trinajstić information content (AvgIpc) is 2.88. The summed E-state index contributed by atoms with van der Waals surface area (Å²) in [6, 6.07) is 4.00. The first-order valence-corrected chi connectivity index (χ1v) is 8.44. The molecule has 1 aliphatic heterocycles. The van der Waals surface area contributed by atoms with Crippen LogP contribution < -0.4 is 5.32 Å². The van der Waals surface area contributed by atoms with Crippen molar-refractivity contribution in [2.45, 2.75) is 44.4 Å². The van der Waals surface area contributed by atoms with Crippen molar-refractivity contribution >= 4 is 39.1 Å². The standard InChI is InChI=1S/C16H19BrClNO/c1-16(2)5-3-4-11(16)15(17)10-6-9-7-14(20)19-13(9)8-12(10)18/h6,8,11,15H,3-5,7H2,1-2H3,(H,19,20). The SMILES string of the molecule is CC1(C)CCCC1C(Br)c1cc2c(cc1Cl)NC(=O)C2. The molecule has 1 amide bonds. The lowest BCUT2D eigenvalue weighted by molar-refractivity contribution is -0.115. The zero-order valence-electron chi connectivity index (χ0n) is 11.8. The molecule has 2 atom stereocenters. The predicted molar refractivity (Wildman–Crippen MR) is 86.6 cm³/mol. The van der Waals surface area contributed by atoms with Gasteiger partial charge in [-0.2, -0.15) is 0 Å². The zero-order chi connectivity index (χ0) is 14.5. The van der Waals surface area contributed by atoms with Crippen molar-refractivity contribution in [3.8, 4) is 0 Å². The number of carbonyl (C=O) groups excluding carboxylic acids is 1. The van der Waals surface area contributed by atoms with E-state index < -0.39 is 0 Å². The molecule has 2 unspecified atom stereocenters. The van der Waals surface area contributed by atoms with Crippen molar-refractivity contribution in [3.63, 3.8) is 0 Å². The van der Waals surface area contributed by atoms with E-state index in [1.807, 2.05) is 6.07 Å². The van der Waals surface area contributed by atoms with E-state index in [1.54, 1.807) is 0 Å².